The zero-order valence-corrected chi connectivity index (χ0v) is 8.14. The summed E-state index contributed by atoms with van der Waals surface area (Å²) in [6.07, 6.45) is 8.97. The summed E-state index contributed by atoms with van der Waals surface area (Å²) in [5.41, 5.74) is 0. The van der Waals surface area contributed by atoms with Crippen LogP contribution in [-0.2, 0) is 0 Å². The highest BCUT2D eigenvalue weighted by Gasteiger charge is 2.29. The Kier molecular flexibility index (Phi) is 3.62. The van der Waals surface area contributed by atoms with Crippen LogP contribution < -0.4 is 5.32 Å². The number of terminal acetylenes is 1. The van der Waals surface area contributed by atoms with Gasteiger partial charge in [-0.1, -0.05) is 13.8 Å². The molecule has 0 heterocycles. The SMILES string of the molecule is C#CCC1CCC1CNC(C)C. The lowest BCUT2D eigenvalue weighted by molar-refractivity contribution is 0.173. The Labute approximate surface area is 75.9 Å². The van der Waals surface area contributed by atoms with Gasteiger partial charge < -0.3 is 5.32 Å². The molecule has 0 amide bonds. The van der Waals surface area contributed by atoms with Crippen molar-refractivity contribution in [1.82, 2.24) is 5.32 Å². The van der Waals surface area contributed by atoms with Crippen molar-refractivity contribution in [3.8, 4) is 12.3 Å². The lowest BCUT2D eigenvalue weighted by Crippen LogP contribution is -2.37. The third kappa shape index (κ3) is 2.53. The number of nitrogens with one attached hydrogen (secondary N) is 1. The standard InChI is InChI=1S/C11H19N/c1-4-5-10-6-7-11(10)8-12-9(2)3/h1,9-12H,5-8H2,2-3H3. The second-order valence-electron chi connectivity index (χ2n) is 4.07. The number of rotatable bonds is 4. The first kappa shape index (κ1) is 9.61. The lowest BCUT2D eigenvalue weighted by atomic mass is 9.72. The highest BCUT2D eigenvalue weighted by molar-refractivity contribution is 4.93. The van der Waals surface area contributed by atoms with Crippen molar-refractivity contribution in [3.63, 3.8) is 0 Å². The van der Waals surface area contributed by atoms with E-state index >= 15 is 0 Å². The second kappa shape index (κ2) is 4.52. The molecule has 0 aromatic carbocycles. The molecule has 0 radical (unpaired) electrons. The van der Waals surface area contributed by atoms with Crippen LogP contribution in [0.5, 0.6) is 0 Å². The maximum atomic E-state index is 5.29. The molecule has 1 nitrogen and oxygen atoms in total. The van der Waals surface area contributed by atoms with Gasteiger partial charge in [-0.25, -0.2) is 0 Å². The molecule has 12 heavy (non-hydrogen) atoms. The van der Waals surface area contributed by atoms with Crippen LogP contribution in [0.15, 0.2) is 0 Å². The number of hydrogen-bond acceptors (Lipinski definition) is 1. The third-order valence-corrected chi connectivity index (χ3v) is 2.74. The summed E-state index contributed by atoms with van der Waals surface area (Å²) in [6, 6.07) is 0.608. The second-order valence-corrected chi connectivity index (χ2v) is 4.07. The van der Waals surface area contributed by atoms with Crippen molar-refractivity contribution in [2.45, 2.75) is 39.2 Å². The molecule has 1 aliphatic rings. The average Bonchev–Trinajstić information content (AvgIpc) is 1.98. The van der Waals surface area contributed by atoms with Gasteiger partial charge in [-0.05, 0) is 31.2 Å². The maximum absolute atomic E-state index is 5.29. The van der Waals surface area contributed by atoms with E-state index in [2.05, 4.69) is 25.1 Å². The molecule has 1 N–H and O–H groups in total. The van der Waals surface area contributed by atoms with E-state index in [1.807, 2.05) is 0 Å². The quantitative estimate of drug-likeness (QED) is 0.629. The molecule has 1 aliphatic carbocycles. The average molecular weight is 165 g/mol. The summed E-state index contributed by atoms with van der Waals surface area (Å²) in [7, 11) is 0. The molecule has 2 unspecified atom stereocenters. The van der Waals surface area contributed by atoms with Crippen molar-refractivity contribution in [2.24, 2.45) is 11.8 Å². The van der Waals surface area contributed by atoms with Gasteiger partial charge in [0.2, 0.25) is 0 Å². The van der Waals surface area contributed by atoms with Crippen molar-refractivity contribution in [2.75, 3.05) is 6.54 Å². The molecule has 0 saturated heterocycles. The highest BCUT2D eigenvalue weighted by Crippen LogP contribution is 2.35. The van der Waals surface area contributed by atoms with Crippen LogP contribution in [0.2, 0.25) is 0 Å². The maximum Gasteiger partial charge on any atom is 0.0117 e. The molecular weight excluding hydrogens is 146 g/mol. The number of hydrogen-bond donors (Lipinski definition) is 1. The Morgan fingerprint density at radius 1 is 1.42 bits per heavy atom. The lowest BCUT2D eigenvalue weighted by Gasteiger charge is -2.36. The molecule has 1 saturated carbocycles. The normalized spacial score (nSPS) is 28.2. The largest absolute Gasteiger partial charge is 0.314 e. The molecule has 2 atom stereocenters. The van der Waals surface area contributed by atoms with Gasteiger partial charge in [-0.2, -0.15) is 0 Å². The monoisotopic (exact) mass is 165 g/mol. The molecule has 1 heteroatoms. The van der Waals surface area contributed by atoms with E-state index in [0.29, 0.717) is 6.04 Å². The topological polar surface area (TPSA) is 12.0 Å². The first-order valence-electron chi connectivity index (χ1n) is 4.91. The summed E-state index contributed by atoms with van der Waals surface area (Å²) in [5, 5.41) is 3.47. The minimum atomic E-state index is 0.608. The predicted molar refractivity (Wildman–Crippen MR) is 52.8 cm³/mol. The van der Waals surface area contributed by atoms with Crippen LogP contribution in [0, 0.1) is 24.2 Å². The van der Waals surface area contributed by atoms with Gasteiger partial charge in [0.25, 0.3) is 0 Å². The summed E-state index contributed by atoms with van der Waals surface area (Å²) in [5.74, 6) is 4.42. The zero-order chi connectivity index (χ0) is 8.97. The minimum Gasteiger partial charge on any atom is -0.314 e. The zero-order valence-electron chi connectivity index (χ0n) is 8.14. The van der Waals surface area contributed by atoms with Crippen molar-refractivity contribution >= 4 is 0 Å². The Morgan fingerprint density at radius 2 is 2.08 bits per heavy atom. The van der Waals surface area contributed by atoms with Crippen molar-refractivity contribution in [1.29, 1.82) is 0 Å². The van der Waals surface area contributed by atoms with E-state index in [1.54, 1.807) is 0 Å². The smallest absolute Gasteiger partial charge is 0.0117 e. The van der Waals surface area contributed by atoms with E-state index in [4.69, 9.17) is 6.42 Å². The van der Waals surface area contributed by atoms with Crippen LogP contribution in [-0.4, -0.2) is 12.6 Å². The molecule has 0 bridgehead atoms. The Morgan fingerprint density at radius 3 is 2.50 bits per heavy atom. The predicted octanol–water partition coefficient (Wildman–Crippen LogP) is 2.03. The highest BCUT2D eigenvalue weighted by atomic mass is 14.9. The summed E-state index contributed by atoms with van der Waals surface area (Å²) < 4.78 is 0. The van der Waals surface area contributed by atoms with Crippen LogP contribution in [0.25, 0.3) is 0 Å². The van der Waals surface area contributed by atoms with Gasteiger partial charge in [-0.3, -0.25) is 0 Å². The van der Waals surface area contributed by atoms with E-state index in [1.165, 1.54) is 12.8 Å². The molecule has 0 spiro atoms. The van der Waals surface area contributed by atoms with Crippen molar-refractivity contribution in [3.05, 3.63) is 0 Å². The molecule has 1 fully saturated rings. The Balaban J connectivity index is 2.13. The van der Waals surface area contributed by atoms with Crippen molar-refractivity contribution < 1.29 is 0 Å². The van der Waals surface area contributed by atoms with Gasteiger partial charge >= 0.3 is 0 Å². The van der Waals surface area contributed by atoms with E-state index in [9.17, 15) is 0 Å². The molecule has 0 aliphatic heterocycles. The van der Waals surface area contributed by atoms with E-state index < -0.39 is 0 Å². The van der Waals surface area contributed by atoms with Gasteiger partial charge in [0, 0.05) is 12.5 Å². The summed E-state index contributed by atoms with van der Waals surface area (Å²) >= 11 is 0. The van der Waals surface area contributed by atoms with Gasteiger partial charge in [-0.15, -0.1) is 12.3 Å². The van der Waals surface area contributed by atoms with Crippen LogP contribution in [0.4, 0.5) is 0 Å². The van der Waals surface area contributed by atoms with E-state index in [0.717, 1.165) is 24.8 Å². The first-order valence-corrected chi connectivity index (χ1v) is 4.91. The van der Waals surface area contributed by atoms with Gasteiger partial charge in [0.15, 0.2) is 0 Å². The first-order chi connectivity index (χ1) is 5.74. The van der Waals surface area contributed by atoms with E-state index in [-0.39, 0.29) is 0 Å². The fraction of sp³-hybridized carbons (Fsp3) is 0.818. The third-order valence-electron chi connectivity index (χ3n) is 2.74. The van der Waals surface area contributed by atoms with Gasteiger partial charge in [0.05, 0.1) is 0 Å². The van der Waals surface area contributed by atoms with Crippen LogP contribution in [0.3, 0.4) is 0 Å². The van der Waals surface area contributed by atoms with Crippen LogP contribution >= 0.6 is 0 Å². The van der Waals surface area contributed by atoms with Gasteiger partial charge in [0.1, 0.15) is 0 Å². The fourth-order valence-corrected chi connectivity index (χ4v) is 1.71. The molecule has 0 aromatic heterocycles. The summed E-state index contributed by atoms with van der Waals surface area (Å²) in [4.78, 5) is 0. The fourth-order valence-electron chi connectivity index (χ4n) is 1.71. The minimum absolute atomic E-state index is 0.608. The summed E-state index contributed by atoms with van der Waals surface area (Å²) in [6.45, 7) is 5.54. The molecule has 0 aromatic rings. The van der Waals surface area contributed by atoms with Crippen LogP contribution in [0.1, 0.15) is 33.1 Å². The molecule has 68 valence electrons. The Bertz CT molecular complexity index is 166. The molecular formula is C11H19N. The Hall–Kier alpha value is -0.480. The molecule has 1 rings (SSSR count).